The van der Waals surface area contributed by atoms with Crippen LogP contribution in [0.5, 0.6) is 5.75 Å². The Morgan fingerprint density at radius 2 is 2.15 bits per heavy atom. The van der Waals surface area contributed by atoms with Gasteiger partial charge in [-0.2, -0.15) is 5.26 Å². The summed E-state index contributed by atoms with van der Waals surface area (Å²) in [4.78, 5) is 0. The highest BCUT2D eigenvalue weighted by molar-refractivity contribution is 5.42. The average Bonchev–Trinajstić information content (AvgIpc) is 2.49. The predicted molar refractivity (Wildman–Crippen MR) is 76.6 cm³/mol. The number of hydrogen-bond acceptors (Lipinski definition) is 5. The third-order valence-corrected chi connectivity index (χ3v) is 2.77. The Hall–Kier alpha value is -1.61. The molecule has 0 amide bonds. The van der Waals surface area contributed by atoms with E-state index in [1.807, 2.05) is 0 Å². The molecule has 0 radical (unpaired) electrons. The first-order valence-corrected chi connectivity index (χ1v) is 6.77. The molecule has 0 spiro atoms. The minimum Gasteiger partial charge on any atom is -0.489 e. The van der Waals surface area contributed by atoms with Gasteiger partial charge in [0.05, 0.1) is 5.56 Å². The van der Waals surface area contributed by atoms with E-state index in [0.29, 0.717) is 17.9 Å². The quantitative estimate of drug-likeness (QED) is 0.631. The van der Waals surface area contributed by atoms with Crippen LogP contribution in [-0.2, 0) is 4.74 Å². The van der Waals surface area contributed by atoms with Crippen molar-refractivity contribution in [1.82, 2.24) is 5.32 Å². The third kappa shape index (κ3) is 6.53. The number of nitriles is 1. The van der Waals surface area contributed by atoms with E-state index in [0.717, 1.165) is 26.0 Å². The number of ether oxygens (including phenoxy) is 2. The van der Waals surface area contributed by atoms with E-state index in [9.17, 15) is 5.11 Å². The normalized spacial score (nSPS) is 11.8. The number of nitrogens with zero attached hydrogens (tertiary/aromatic N) is 1. The van der Waals surface area contributed by atoms with Gasteiger partial charge in [0.15, 0.2) is 0 Å². The highest BCUT2D eigenvalue weighted by Crippen LogP contribution is 2.16. The summed E-state index contributed by atoms with van der Waals surface area (Å²) < 4.78 is 10.4. The number of para-hydroxylation sites is 1. The Morgan fingerprint density at radius 3 is 2.90 bits per heavy atom. The van der Waals surface area contributed by atoms with Crippen molar-refractivity contribution in [2.24, 2.45) is 0 Å². The van der Waals surface area contributed by atoms with Gasteiger partial charge in [0.25, 0.3) is 0 Å². The SMILES string of the molecule is COCCCCNCC(O)COc1ccccc1C#N. The highest BCUT2D eigenvalue weighted by Gasteiger charge is 2.07. The number of benzene rings is 1. The second kappa shape index (κ2) is 10.2. The Bertz CT molecular complexity index is 418. The zero-order valence-electron chi connectivity index (χ0n) is 11.8. The first-order valence-electron chi connectivity index (χ1n) is 6.77. The summed E-state index contributed by atoms with van der Waals surface area (Å²) in [5.41, 5.74) is 0.479. The molecule has 0 aliphatic rings. The standard InChI is InChI=1S/C15H22N2O3/c1-19-9-5-4-8-17-11-14(18)12-20-15-7-3-2-6-13(15)10-16/h2-3,6-7,14,17-18H,4-5,8-9,11-12H2,1H3. The van der Waals surface area contributed by atoms with Crippen molar-refractivity contribution in [2.75, 3.05) is 33.4 Å². The van der Waals surface area contributed by atoms with Crippen molar-refractivity contribution in [3.05, 3.63) is 29.8 Å². The monoisotopic (exact) mass is 278 g/mol. The molecule has 0 heterocycles. The summed E-state index contributed by atoms with van der Waals surface area (Å²) >= 11 is 0. The number of aliphatic hydroxyl groups is 1. The maximum absolute atomic E-state index is 9.78. The fraction of sp³-hybridized carbons (Fsp3) is 0.533. The van der Waals surface area contributed by atoms with Gasteiger partial charge in [0.2, 0.25) is 0 Å². The van der Waals surface area contributed by atoms with Crippen molar-refractivity contribution < 1.29 is 14.6 Å². The summed E-state index contributed by atoms with van der Waals surface area (Å²) in [6.07, 6.45) is 1.42. The van der Waals surface area contributed by atoms with E-state index in [1.165, 1.54) is 0 Å². The molecule has 2 N–H and O–H groups in total. The lowest BCUT2D eigenvalue weighted by Crippen LogP contribution is -2.32. The Labute approximate surface area is 120 Å². The van der Waals surface area contributed by atoms with Crippen LogP contribution in [-0.4, -0.2) is 44.6 Å². The summed E-state index contributed by atoms with van der Waals surface area (Å²) in [6, 6.07) is 9.06. The van der Waals surface area contributed by atoms with Gasteiger partial charge in [-0.25, -0.2) is 0 Å². The van der Waals surface area contributed by atoms with Gasteiger partial charge >= 0.3 is 0 Å². The molecule has 20 heavy (non-hydrogen) atoms. The van der Waals surface area contributed by atoms with E-state index in [2.05, 4.69) is 11.4 Å². The molecule has 0 saturated carbocycles. The predicted octanol–water partition coefficient (Wildman–Crippen LogP) is 1.31. The molecular formula is C15H22N2O3. The lowest BCUT2D eigenvalue weighted by atomic mass is 10.2. The molecule has 110 valence electrons. The van der Waals surface area contributed by atoms with E-state index < -0.39 is 6.10 Å². The van der Waals surface area contributed by atoms with Crippen LogP contribution in [0.2, 0.25) is 0 Å². The molecule has 1 atom stereocenters. The number of rotatable bonds is 10. The number of methoxy groups -OCH3 is 1. The van der Waals surface area contributed by atoms with Gasteiger partial charge in [0.1, 0.15) is 24.5 Å². The molecule has 0 aliphatic heterocycles. The van der Waals surface area contributed by atoms with Gasteiger partial charge in [-0.1, -0.05) is 12.1 Å². The van der Waals surface area contributed by atoms with Crippen LogP contribution in [0.15, 0.2) is 24.3 Å². The molecule has 1 rings (SSSR count). The van der Waals surface area contributed by atoms with Crippen molar-refractivity contribution >= 4 is 0 Å². The lowest BCUT2D eigenvalue weighted by Gasteiger charge is -2.13. The van der Waals surface area contributed by atoms with Crippen LogP contribution >= 0.6 is 0 Å². The largest absolute Gasteiger partial charge is 0.489 e. The van der Waals surface area contributed by atoms with Crippen molar-refractivity contribution in [3.8, 4) is 11.8 Å². The van der Waals surface area contributed by atoms with Crippen LogP contribution < -0.4 is 10.1 Å². The van der Waals surface area contributed by atoms with Crippen molar-refractivity contribution in [3.63, 3.8) is 0 Å². The molecule has 1 aromatic carbocycles. The Balaban J connectivity index is 2.17. The van der Waals surface area contributed by atoms with Crippen LogP contribution in [0.3, 0.4) is 0 Å². The van der Waals surface area contributed by atoms with E-state index in [4.69, 9.17) is 14.7 Å². The summed E-state index contributed by atoms with van der Waals surface area (Å²) in [6.45, 7) is 2.25. The lowest BCUT2D eigenvalue weighted by molar-refractivity contribution is 0.106. The minimum atomic E-state index is -0.593. The molecule has 5 nitrogen and oxygen atoms in total. The van der Waals surface area contributed by atoms with E-state index >= 15 is 0 Å². The number of hydrogen-bond donors (Lipinski definition) is 2. The van der Waals surface area contributed by atoms with E-state index in [-0.39, 0.29) is 6.61 Å². The molecule has 0 bridgehead atoms. The highest BCUT2D eigenvalue weighted by atomic mass is 16.5. The fourth-order valence-electron chi connectivity index (χ4n) is 1.69. The Morgan fingerprint density at radius 1 is 1.35 bits per heavy atom. The van der Waals surface area contributed by atoms with Gasteiger partial charge in [-0.3, -0.25) is 0 Å². The minimum absolute atomic E-state index is 0.170. The zero-order chi connectivity index (χ0) is 14.6. The maximum Gasteiger partial charge on any atom is 0.137 e. The number of aliphatic hydroxyl groups excluding tert-OH is 1. The fourth-order valence-corrected chi connectivity index (χ4v) is 1.69. The molecule has 5 heteroatoms. The number of unbranched alkanes of at least 4 members (excludes halogenated alkanes) is 1. The van der Waals surface area contributed by atoms with Crippen molar-refractivity contribution in [1.29, 1.82) is 5.26 Å². The van der Waals surface area contributed by atoms with Crippen LogP contribution in [0.4, 0.5) is 0 Å². The van der Waals surface area contributed by atoms with Crippen LogP contribution in [0, 0.1) is 11.3 Å². The molecular weight excluding hydrogens is 256 g/mol. The van der Waals surface area contributed by atoms with Crippen LogP contribution in [0.1, 0.15) is 18.4 Å². The third-order valence-electron chi connectivity index (χ3n) is 2.77. The smallest absolute Gasteiger partial charge is 0.137 e. The van der Waals surface area contributed by atoms with Gasteiger partial charge < -0.3 is 19.9 Å². The topological polar surface area (TPSA) is 74.5 Å². The second-order valence-electron chi connectivity index (χ2n) is 4.48. The molecule has 0 fully saturated rings. The van der Waals surface area contributed by atoms with Gasteiger partial charge in [-0.15, -0.1) is 0 Å². The van der Waals surface area contributed by atoms with Crippen molar-refractivity contribution in [2.45, 2.75) is 18.9 Å². The summed E-state index contributed by atoms with van der Waals surface area (Å²) in [5.74, 6) is 0.508. The molecule has 1 unspecified atom stereocenters. The summed E-state index contributed by atoms with van der Waals surface area (Å²) in [5, 5.41) is 21.9. The zero-order valence-corrected chi connectivity index (χ0v) is 11.8. The van der Waals surface area contributed by atoms with Gasteiger partial charge in [-0.05, 0) is 31.5 Å². The first kappa shape index (κ1) is 16.4. The Kier molecular flexibility index (Phi) is 8.40. The molecule has 0 saturated heterocycles. The van der Waals surface area contributed by atoms with Gasteiger partial charge in [0, 0.05) is 20.3 Å². The molecule has 0 aliphatic carbocycles. The average molecular weight is 278 g/mol. The summed E-state index contributed by atoms with van der Waals surface area (Å²) in [7, 11) is 1.69. The van der Waals surface area contributed by atoms with Crippen LogP contribution in [0.25, 0.3) is 0 Å². The number of nitrogens with one attached hydrogen (secondary N) is 1. The first-order chi connectivity index (χ1) is 9.77. The second-order valence-corrected chi connectivity index (χ2v) is 4.48. The maximum atomic E-state index is 9.78. The van der Waals surface area contributed by atoms with E-state index in [1.54, 1.807) is 31.4 Å². The molecule has 1 aromatic rings. The molecule has 0 aromatic heterocycles.